The number of phenols is 1. The lowest BCUT2D eigenvalue weighted by Crippen LogP contribution is -2.30. The molecule has 0 radical (unpaired) electrons. The van der Waals surface area contributed by atoms with Gasteiger partial charge in [0.2, 0.25) is 0 Å². The number of hydrogen-bond acceptors (Lipinski definition) is 10. The van der Waals surface area contributed by atoms with E-state index in [9.17, 15) is 23.5 Å². The summed E-state index contributed by atoms with van der Waals surface area (Å²) < 4.78 is 46.0. The van der Waals surface area contributed by atoms with Crippen molar-refractivity contribution in [1.29, 1.82) is 0 Å². The first-order chi connectivity index (χ1) is 16.9. The molecule has 0 amide bonds. The molecule has 0 fully saturated rings. The molecule has 4 rings (SSSR count). The molecule has 1 N–H and O–H groups in total. The second kappa shape index (κ2) is 10.5. The quantitative estimate of drug-likeness (QED) is 0.184. The normalized spacial score (nSPS) is 11.5. The van der Waals surface area contributed by atoms with Gasteiger partial charge in [0, 0.05) is 17.5 Å². The zero-order valence-corrected chi connectivity index (χ0v) is 19.3. The Bertz CT molecular complexity index is 1460. The highest BCUT2D eigenvalue weighted by atomic mass is 32.2. The van der Waals surface area contributed by atoms with E-state index in [0.29, 0.717) is 30.4 Å². The second-order valence-electron chi connectivity index (χ2n) is 7.58. The summed E-state index contributed by atoms with van der Waals surface area (Å²) in [4.78, 5) is 11.1. The van der Waals surface area contributed by atoms with Crippen LogP contribution in [0.4, 0.5) is 0 Å². The predicted octanol–water partition coefficient (Wildman–Crippen LogP) is 2.97. The fourth-order valence-corrected chi connectivity index (χ4v) is 4.64. The van der Waals surface area contributed by atoms with Gasteiger partial charge in [-0.2, -0.15) is 0 Å². The number of ether oxygens (including phenoxy) is 2. The van der Waals surface area contributed by atoms with Crippen LogP contribution in [0.2, 0.25) is 0 Å². The highest BCUT2D eigenvalue weighted by molar-refractivity contribution is 7.91. The highest BCUT2D eigenvalue weighted by Gasteiger charge is 2.35. The van der Waals surface area contributed by atoms with Crippen molar-refractivity contribution >= 4 is 20.8 Å². The molecule has 0 saturated heterocycles. The van der Waals surface area contributed by atoms with Gasteiger partial charge >= 0.3 is 16.5 Å². The molecule has 0 bridgehead atoms. The molecule has 0 aliphatic heterocycles. The van der Waals surface area contributed by atoms with Crippen LogP contribution in [-0.4, -0.2) is 31.9 Å². The molecule has 0 unspecified atom stereocenters. The Hall–Kier alpha value is -4.06. The van der Waals surface area contributed by atoms with E-state index in [2.05, 4.69) is 9.79 Å². The number of sulfone groups is 1. The van der Waals surface area contributed by atoms with Crippen molar-refractivity contribution < 1.29 is 36.9 Å². The Morgan fingerprint density at radius 3 is 2.43 bits per heavy atom. The van der Waals surface area contributed by atoms with Gasteiger partial charge in [0.25, 0.3) is 9.84 Å². The number of nitrogens with zero attached hydrogens (tertiary/aromatic N) is 2. The first-order valence-corrected chi connectivity index (χ1v) is 12.3. The lowest BCUT2D eigenvalue weighted by atomic mass is 10.2. The van der Waals surface area contributed by atoms with Crippen LogP contribution in [0.15, 0.2) is 78.4 Å². The average molecular weight is 503 g/mol. The van der Waals surface area contributed by atoms with Crippen LogP contribution in [-0.2, 0) is 9.84 Å². The molecular weight excluding hydrogens is 480 g/mol. The Labute approximate surface area is 199 Å². The van der Waals surface area contributed by atoms with E-state index < -0.39 is 20.5 Å². The van der Waals surface area contributed by atoms with E-state index in [1.54, 1.807) is 24.3 Å². The van der Waals surface area contributed by atoms with Gasteiger partial charge in [-0.05, 0) is 54.9 Å². The number of rotatable bonds is 11. The van der Waals surface area contributed by atoms with Crippen molar-refractivity contribution in [3.8, 4) is 17.4 Å². The largest absolute Gasteiger partial charge is 0.504 e. The molecule has 0 saturated carbocycles. The number of phenolic OH excluding ortho intramolecular Hbond substituents is 1. The fourth-order valence-electron chi connectivity index (χ4n) is 3.35. The van der Waals surface area contributed by atoms with Gasteiger partial charge in [0.05, 0.1) is 23.3 Å². The standard InChI is InChI=1S/C23H22N2O9S/c26-18-14-16-10-11-21(27)33-19(16)15-20(18)31-12-6-1-2-7-13-32-22-23(25(28)34-24-22)35(29,30)17-8-4-3-5-9-17/h3-5,8-11,14-15,26H,1-2,6-7,12-13H2. The molecule has 0 aliphatic carbocycles. The third kappa shape index (κ3) is 5.54. The summed E-state index contributed by atoms with van der Waals surface area (Å²) in [6.45, 7) is 0.463. The van der Waals surface area contributed by atoms with Gasteiger partial charge in [-0.25, -0.2) is 13.2 Å². The lowest BCUT2D eigenvalue weighted by molar-refractivity contribution is -0.832. The number of unbranched alkanes of at least 4 members (excludes halogenated alkanes) is 3. The Morgan fingerprint density at radius 2 is 1.69 bits per heavy atom. The third-order valence-electron chi connectivity index (χ3n) is 5.09. The van der Waals surface area contributed by atoms with E-state index in [1.165, 1.54) is 30.3 Å². The Balaban J connectivity index is 1.23. The SMILES string of the molecule is O=c1ccc2cc(O)c(OCCCCCCOc3no[n+]([O-])c3S(=O)(=O)c3ccccc3)cc2o1. The van der Waals surface area contributed by atoms with Gasteiger partial charge in [0.15, 0.2) is 11.5 Å². The van der Waals surface area contributed by atoms with E-state index in [0.717, 1.165) is 12.8 Å². The minimum atomic E-state index is -4.15. The van der Waals surface area contributed by atoms with E-state index >= 15 is 0 Å². The fraction of sp³-hybridized carbons (Fsp3) is 0.261. The number of hydrogen-bond donors (Lipinski definition) is 1. The van der Waals surface area contributed by atoms with Crippen LogP contribution in [0.3, 0.4) is 0 Å². The summed E-state index contributed by atoms with van der Waals surface area (Å²) in [5, 5.41) is 25.3. The van der Waals surface area contributed by atoms with Gasteiger partial charge in [0.1, 0.15) is 5.58 Å². The Kier molecular flexibility index (Phi) is 7.20. The molecule has 0 aliphatic rings. The van der Waals surface area contributed by atoms with Gasteiger partial charge in [-0.3, -0.25) is 4.63 Å². The van der Waals surface area contributed by atoms with Crippen LogP contribution in [0.5, 0.6) is 17.4 Å². The predicted molar refractivity (Wildman–Crippen MR) is 121 cm³/mol. The summed E-state index contributed by atoms with van der Waals surface area (Å²) >= 11 is 0. The maximum absolute atomic E-state index is 12.7. The molecular formula is C23H22N2O9S. The topological polar surface area (TPSA) is 156 Å². The van der Waals surface area contributed by atoms with Gasteiger partial charge < -0.3 is 24.2 Å². The summed E-state index contributed by atoms with van der Waals surface area (Å²) in [6, 6.07) is 13.2. The number of aromatic hydroxyl groups is 1. The minimum Gasteiger partial charge on any atom is -0.504 e. The van der Waals surface area contributed by atoms with Crippen molar-refractivity contribution in [2.45, 2.75) is 35.6 Å². The molecule has 184 valence electrons. The van der Waals surface area contributed by atoms with Crippen molar-refractivity contribution in [2.75, 3.05) is 13.2 Å². The minimum absolute atomic E-state index is 0.0516. The van der Waals surface area contributed by atoms with Crippen molar-refractivity contribution in [3.05, 3.63) is 70.2 Å². The molecule has 2 aromatic carbocycles. The molecule has 0 spiro atoms. The maximum Gasteiger partial charge on any atom is 0.414 e. The summed E-state index contributed by atoms with van der Waals surface area (Å²) in [7, 11) is -4.15. The van der Waals surface area contributed by atoms with E-state index in [-0.39, 0.29) is 33.8 Å². The number of benzene rings is 2. The van der Waals surface area contributed by atoms with Gasteiger partial charge in [-0.15, -0.1) is 0 Å². The zero-order chi connectivity index (χ0) is 24.8. The Morgan fingerprint density at radius 1 is 0.971 bits per heavy atom. The molecule has 2 aromatic heterocycles. The average Bonchev–Trinajstić information content (AvgIpc) is 3.22. The second-order valence-corrected chi connectivity index (χ2v) is 9.45. The van der Waals surface area contributed by atoms with Crippen LogP contribution < -0.4 is 20.0 Å². The molecule has 2 heterocycles. The number of fused-ring (bicyclic) bond motifs is 1. The molecule has 4 aromatic rings. The first-order valence-electron chi connectivity index (χ1n) is 10.8. The summed E-state index contributed by atoms with van der Waals surface area (Å²) in [5.74, 6) is -0.214. The van der Waals surface area contributed by atoms with Crippen molar-refractivity contribution in [3.63, 3.8) is 0 Å². The zero-order valence-electron chi connectivity index (χ0n) is 18.5. The lowest BCUT2D eigenvalue weighted by Gasteiger charge is -2.09. The smallest absolute Gasteiger partial charge is 0.414 e. The monoisotopic (exact) mass is 502 g/mol. The first kappa shape index (κ1) is 24.1. The van der Waals surface area contributed by atoms with Crippen LogP contribution in [0, 0.1) is 5.21 Å². The van der Waals surface area contributed by atoms with Crippen LogP contribution >= 0.6 is 0 Å². The van der Waals surface area contributed by atoms with Gasteiger partial charge in [-0.1, -0.05) is 18.2 Å². The summed E-state index contributed by atoms with van der Waals surface area (Å²) in [5.41, 5.74) is -0.166. The van der Waals surface area contributed by atoms with Crippen LogP contribution in [0.1, 0.15) is 25.7 Å². The van der Waals surface area contributed by atoms with Crippen molar-refractivity contribution in [1.82, 2.24) is 5.16 Å². The molecule has 11 nitrogen and oxygen atoms in total. The molecule has 12 heteroatoms. The van der Waals surface area contributed by atoms with Crippen LogP contribution in [0.25, 0.3) is 11.0 Å². The summed E-state index contributed by atoms with van der Waals surface area (Å²) in [6.07, 6.45) is 2.75. The third-order valence-corrected chi connectivity index (χ3v) is 6.82. The van der Waals surface area contributed by atoms with E-state index in [4.69, 9.17) is 13.9 Å². The van der Waals surface area contributed by atoms with Crippen molar-refractivity contribution in [2.24, 2.45) is 0 Å². The molecule has 0 atom stereocenters. The maximum atomic E-state index is 12.7. The van der Waals surface area contributed by atoms with E-state index in [1.807, 2.05) is 0 Å². The number of aromatic nitrogens is 2. The molecule has 35 heavy (non-hydrogen) atoms. The highest BCUT2D eigenvalue weighted by Crippen LogP contribution is 2.31.